The molecule has 0 atom stereocenters. The predicted octanol–water partition coefficient (Wildman–Crippen LogP) is 4.85. The maximum Gasteiger partial charge on any atom is 0.154 e. The van der Waals surface area contributed by atoms with Gasteiger partial charge < -0.3 is 24.5 Å². The number of phenols is 3. The van der Waals surface area contributed by atoms with E-state index >= 15 is 0 Å². The smallest absolute Gasteiger partial charge is 0.154 e. The van der Waals surface area contributed by atoms with E-state index in [2.05, 4.69) is 0 Å². The molecule has 0 unspecified atom stereocenters. The van der Waals surface area contributed by atoms with Crippen LogP contribution in [0.4, 0.5) is 0 Å². The number of hydrogen-bond donors (Lipinski definition) is 3. The molecule has 1 heterocycles. The Morgan fingerprint density at radius 2 is 1.81 bits per heavy atom. The number of phenolic OH excluding ortho intramolecular Hbond substituents is 3. The number of carbonyl (C=O) groups is 1. The maximum atomic E-state index is 11.8. The standard InChI is InChI=1S/C21H20O6/c1-10(2)11(3)18-16(26-4)8-17-19(20(18)25)14(9-22)21(27-17)13-6-5-12(23)7-15(13)24/h5-9,23-25H,1-4H3. The molecule has 3 aromatic rings. The van der Waals surface area contributed by atoms with E-state index in [1.54, 1.807) is 6.07 Å². The van der Waals surface area contributed by atoms with Crippen molar-refractivity contribution in [3.63, 3.8) is 0 Å². The third kappa shape index (κ3) is 2.89. The molecular weight excluding hydrogens is 348 g/mol. The molecule has 0 amide bonds. The average Bonchev–Trinajstić information content (AvgIpc) is 2.99. The molecule has 6 nitrogen and oxygen atoms in total. The summed E-state index contributed by atoms with van der Waals surface area (Å²) in [7, 11) is 1.48. The van der Waals surface area contributed by atoms with E-state index < -0.39 is 0 Å². The zero-order valence-electron chi connectivity index (χ0n) is 15.5. The van der Waals surface area contributed by atoms with E-state index in [9.17, 15) is 20.1 Å². The molecule has 0 bridgehead atoms. The first-order valence-electron chi connectivity index (χ1n) is 8.28. The van der Waals surface area contributed by atoms with Crippen molar-refractivity contribution in [1.29, 1.82) is 0 Å². The molecule has 0 saturated heterocycles. The molecule has 6 heteroatoms. The first-order valence-corrected chi connectivity index (χ1v) is 8.28. The third-order valence-electron chi connectivity index (χ3n) is 4.64. The van der Waals surface area contributed by atoms with Crippen LogP contribution in [0.2, 0.25) is 0 Å². The Bertz CT molecular complexity index is 1080. The van der Waals surface area contributed by atoms with Crippen LogP contribution in [0.3, 0.4) is 0 Å². The van der Waals surface area contributed by atoms with Crippen LogP contribution in [0.15, 0.2) is 34.3 Å². The zero-order valence-corrected chi connectivity index (χ0v) is 15.5. The number of furan rings is 1. The van der Waals surface area contributed by atoms with Crippen molar-refractivity contribution in [3.05, 3.63) is 41.0 Å². The quantitative estimate of drug-likeness (QED) is 0.569. The van der Waals surface area contributed by atoms with E-state index in [-0.39, 0.29) is 45.1 Å². The Kier molecular flexibility index (Phi) is 4.57. The van der Waals surface area contributed by atoms with Gasteiger partial charge in [-0.3, -0.25) is 4.79 Å². The van der Waals surface area contributed by atoms with Crippen molar-refractivity contribution in [2.75, 3.05) is 7.11 Å². The highest BCUT2D eigenvalue weighted by Crippen LogP contribution is 2.47. The van der Waals surface area contributed by atoms with Crippen LogP contribution in [0, 0.1) is 0 Å². The monoisotopic (exact) mass is 368 g/mol. The Hall–Kier alpha value is -3.41. The van der Waals surface area contributed by atoms with Gasteiger partial charge in [0.2, 0.25) is 0 Å². The number of methoxy groups -OCH3 is 1. The summed E-state index contributed by atoms with van der Waals surface area (Å²) in [6.07, 6.45) is 0.571. The number of benzene rings is 2. The molecule has 0 fully saturated rings. The van der Waals surface area contributed by atoms with Gasteiger partial charge in [0.1, 0.15) is 34.3 Å². The molecule has 0 aliphatic heterocycles. The van der Waals surface area contributed by atoms with E-state index in [0.717, 1.165) is 17.2 Å². The molecule has 0 aliphatic carbocycles. The molecule has 0 aliphatic rings. The fourth-order valence-electron chi connectivity index (χ4n) is 3.04. The van der Waals surface area contributed by atoms with Gasteiger partial charge in [-0.1, -0.05) is 5.57 Å². The second-order valence-electron chi connectivity index (χ2n) is 6.46. The molecule has 3 N–H and O–H groups in total. The molecule has 0 saturated carbocycles. The number of hydrogen-bond acceptors (Lipinski definition) is 6. The van der Waals surface area contributed by atoms with Gasteiger partial charge in [0, 0.05) is 12.1 Å². The number of fused-ring (bicyclic) bond motifs is 1. The molecule has 1 aromatic heterocycles. The minimum absolute atomic E-state index is 0.0989. The van der Waals surface area contributed by atoms with Gasteiger partial charge in [0.15, 0.2) is 6.29 Å². The summed E-state index contributed by atoms with van der Waals surface area (Å²) in [4.78, 5) is 11.8. The van der Waals surface area contributed by atoms with Crippen molar-refractivity contribution in [2.24, 2.45) is 0 Å². The largest absolute Gasteiger partial charge is 0.508 e. The number of allylic oxidation sites excluding steroid dienone is 2. The maximum absolute atomic E-state index is 11.8. The Labute approximate surface area is 155 Å². The van der Waals surface area contributed by atoms with E-state index in [4.69, 9.17) is 9.15 Å². The van der Waals surface area contributed by atoms with Crippen LogP contribution in [0.25, 0.3) is 27.9 Å². The van der Waals surface area contributed by atoms with E-state index in [1.807, 2.05) is 20.8 Å². The summed E-state index contributed by atoms with van der Waals surface area (Å²) in [5, 5.41) is 30.8. The van der Waals surface area contributed by atoms with Gasteiger partial charge in [-0.2, -0.15) is 0 Å². The van der Waals surface area contributed by atoms with Gasteiger partial charge >= 0.3 is 0 Å². The lowest BCUT2D eigenvalue weighted by molar-refractivity contribution is 0.112. The van der Waals surface area contributed by atoms with Crippen molar-refractivity contribution in [3.8, 4) is 34.3 Å². The predicted molar refractivity (Wildman–Crippen MR) is 103 cm³/mol. The molecule has 3 rings (SSSR count). The Morgan fingerprint density at radius 3 is 2.37 bits per heavy atom. The van der Waals surface area contributed by atoms with Gasteiger partial charge in [0.25, 0.3) is 0 Å². The lowest BCUT2D eigenvalue weighted by atomic mass is 9.97. The van der Waals surface area contributed by atoms with E-state index in [1.165, 1.54) is 19.2 Å². The normalized spacial score (nSPS) is 10.8. The first kappa shape index (κ1) is 18.4. The summed E-state index contributed by atoms with van der Waals surface area (Å²) in [5.41, 5.74) is 2.86. The molecular formula is C21H20O6. The van der Waals surface area contributed by atoms with Crippen molar-refractivity contribution < 1.29 is 29.3 Å². The highest BCUT2D eigenvalue weighted by molar-refractivity contribution is 6.08. The second kappa shape index (κ2) is 6.72. The third-order valence-corrected chi connectivity index (χ3v) is 4.64. The van der Waals surface area contributed by atoms with Gasteiger partial charge in [-0.25, -0.2) is 0 Å². The lowest BCUT2D eigenvalue weighted by Gasteiger charge is -2.13. The minimum Gasteiger partial charge on any atom is -0.508 e. The summed E-state index contributed by atoms with van der Waals surface area (Å²) in [5.74, 6) is 0.0157. The highest BCUT2D eigenvalue weighted by atomic mass is 16.5. The second-order valence-corrected chi connectivity index (χ2v) is 6.46. The SMILES string of the molecule is COc1cc2oc(-c3ccc(O)cc3O)c(C=O)c2c(O)c1C(C)=C(C)C. The topological polar surface area (TPSA) is 100 Å². The number of ether oxygens (including phenoxy) is 1. The highest BCUT2D eigenvalue weighted by Gasteiger charge is 2.25. The Balaban J connectivity index is 2.43. The summed E-state index contributed by atoms with van der Waals surface area (Å²) >= 11 is 0. The summed E-state index contributed by atoms with van der Waals surface area (Å²) in [6.45, 7) is 5.68. The molecule has 27 heavy (non-hydrogen) atoms. The van der Waals surface area contributed by atoms with Crippen LogP contribution in [0.1, 0.15) is 36.7 Å². The van der Waals surface area contributed by atoms with Crippen molar-refractivity contribution in [2.45, 2.75) is 20.8 Å². The van der Waals surface area contributed by atoms with Crippen LogP contribution in [-0.4, -0.2) is 28.7 Å². The van der Waals surface area contributed by atoms with Crippen LogP contribution >= 0.6 is 0 Å². The van der Waals surface area contributed by atoms with Crippen LogP contribution < -0.4 is 4.74 Å². The van der Waals surface area contributed by atoms with E-state index in [0.29, 0.717) is 17.6 Å². The lowest BCUT2D eigenvalue weighted by Crippen LogP contribution is -1.93. The van der Waals surface area contributed by atoms with Gasteiger partial charge in [-0.15, -0.1) is 0 Å². The number of aldehydes is 1. The van der Waals surface area contributed by atoms with Gasteiger partial charge in [-0.05, 0) is 38.5 Å². The summed E-state index contributed by atoms with van der Waals surface area (Å²) in [6, 6.07) is 5.56. The first-order chi connectivity index (χ1) is 12.8. The fraction of sp³-hybridized carbons (Fsp3) is 0.190. The van der Waals surface area contributed by atoms with Crippen LogP contribution in [-0.2, 0) is 0 Å². The molecule has 140 valence electrons. The van der Waals surface area contributed by atoms with Gasteiger partial charge in [0.05, 0.1) is 29.2 Å². The van der Waals surface area contributed by atoms with Crippen LogP contribution in [0.5, 0.6) is 23.0 Å². The fourth-order valence-corrected chi connectivity index (χ4v) is 3.04. The minimum atomic E-state index is -0.246. The average molecular weight is 368 g/mol. The number of carbonyl (C=O) groups excluding carboxylic acids is 1. The number of aromatic hydroxyl groups is 3. The summed E-state index contributed by atoms with van der Waals surface area (Å²) < 4.78 is 11.2. The molecule has 2 aromatic carbocycles. The van der Waals surface area contributed by atoms with Crippen molar-refractivity contribution in [1.82, 2.24) is 0 Å². The molecule has 0 radical (unpaired) electrons. The van der Waals surface area contributed by atoms with Crippen molar-refractivity contribution >= 4 is 22.8 Å². The Morgan fingerprint density at radius 1 is 1.11 bits per heavy atom. The molecule has 0 spiro atoms. The zero-order chi connectivity index (χ0) is 19.9. The number of rotatable bonds is 4.